The van der Waals surface area contributed by atoms with E-state index >= 15 is 0 Å². The summed E-state index contributed by atoms with van der Waals surface area (Å²) in [6.45, 7) is 8.53. The Morgan fingerprint density at radius 1 is 0.518 bits per heavy atom. The fraction of sp³-hybridized carbons (Fsp3) is 0.825. The molecule has 324 valence electrons. The topological polar surface area (TPSA) is 189 Å². The predicted molar refractivity (Wildman–Crippen MR) is 214 cm³/mol. The van der Waals surface area contributed by atoms with Crippen LogP contribution in [0, 0.1) is 20.2 Å². The lowest BCUT2D eigenvalue weighted by molar-refractivity contribution is -0.393. The zero-order valence-electron chi connectivity index (χ0n) is 34.1. The fourth-order valence-corrected chi connectivity index (χ4v) is 5.54. The normalized spacial score (nSPS) is 11.2. The number of benzene rings is 1. The summed E-state index contributed by atoms with van der Waals surface area (Å²) in [6.07, 6.45) is 20.0. The molecule has 0 saturated heterocycles. The lowest BCUT2D eigenvalue weighted by atomic mass is 10.0. The monoisotopic (exact) mass is 801 g/mol. The van der Waals surface area contributed by atoms with Crippen molar-refractivity contribution in [2.24, 2.45) is 0 Å². The number of nitrogens with one attached hydrogen (secondary N) is 1. The molecule has 1 rings (SSSR count). The molecule has 1 aromatic rings. The number of ether oxygens (including phenoxy) is 8. The Labute approximate surface area is 334 Å². The Balaban J connectivity index is 1.72. The number of carbonyl (C=O) groups is 1. The number of unbranched alkanes of at least 4 members (excludes halogenated alkanes) is 14. The van der Waals surface area contributed by atoms with E-state index in [0.717, 1.165) is 18.9 Å². The van der Waals surface area contributed by atoms with E-state index in [1.807, 2.05) is 0 Å². The van der Waals surface area contributed by atoms with Gasteiger partial charge in [0.25, 0.3) is 11.4 Å². The van der Waals surface area contributed by atoms with Gasteiger partial charge in [-0.1, -0.05) is 96.8 Å². The highest BCUT2D eigenvalue weighted by atomic mass is 16.6. The van der Waals surface area contributed by atoms with E-state index in [1.165, 1.54) is 95.6 Å². The van der Waals surface area contributed by atoms with Gasteiger partial charge in [0.15, 0.2) is 0 Å². The van der Waals surface area contributed by atoms with Gasteiger partial charge in [-0.3, -0.25) is 25.0 Å². The smallest absolute Gasteiger partial charge is 0.305 e. The van der Waals surface area contributed by atoms with Crippen LogP contribution < -0.4 is 5.32 Å². The van der Waals surface area contributed by atoms with Crippen molar-refractivity contribution in [3.63, 3.8) is 0 Å². The first-order chi connectivity index (χ1) is 27.5. The van der Waals surface area contributed by atoms with Crippen LogP contribution in [0.25, 0.3) is 0 Å². The van der Waals surface area contributed by atoms with Gasteiger partial charge in [-0.15, -0.1) is 0 Å². The molecular formula is C40H71N3O13. The van der Waals surface area contributed by atoms with E-state index in [4.69, 9.17) is 37.9 Å². The second kappa shape index (κ2) is 38.9. The van der Waals surface area contributed by atoms with Gasteiger partial charge in [-0.25, -0.2) is 0 Å². The van der Waals surface area contributed by atoms with Crippen molar-refractivity contribution in [1.82, 2.24) is 0 Å². The minimum Gasteiger partial charge on any atom is -0.463 e. The van der Waals surface area contributed by atoms with E-state index in [9.17, 15) is 25.0 Å². The van der Waals surface area contributed by atoms with Gasteiger partial charge < -0.3 is 43.2 Å². The van der Waals surface area contributed by atoms with Crippen LogP contribution in [-0.4, -0.2) is 121 Å². The van der Waals surface area contributed by atoms with Gasteiger partial charge in [-0.2, -0.15) is 0 Å². The summed E-state index contributed by atoms with van der Waals surface area (Å²) >= 11 is 0. The van der Waals surface area contributed by atoms with E-state index in [2.05, 4.69) is 12.2 Å². The third-order valence-corrected chi connectivity index (χ3v) is 8.66. The van der Waals surface area contributed by atoms with Crippen LogP contribution in [0.1, 0.15) is 110 Å². The van der Waals surface area contributed by atoms with E-state index in [0.29, 0.717) is 92.3 Å². The minimum absolute atomic E-state index is 0.148. The van der Waals surface area contributed by atoms with Crippen molar-refractivity contribution in [2.45, 2.75) is 110 Å². The highest BCUT2D eigenvalue weighted by Crippen LogP contribution is 2.28. The number of carbonyl (C=O) groups excluding carboxylic acids is 1. The molecule has 16 nitrogen and oxygen atoms in total. The van der Waals surface area contributed by atoms with Gasteiger partial charge in [0.1, 0.15) is 12.3 Å². The summed E-state index contributed by atoms with van der Waals surface area (Å²) in [5.74, 6) is -0.148. The van der Waals surface area contributed by atoms with Crippen molar-refractivity contribution in [1.29, 1.82) is 0 Å². The molecule has 0 aliphatic heterocycles. The maximum atomic E-state index is 11.9. The molecule has 1 aromatic carbocycles. The molecule has 0 aromatic heterocycles. The molecule has 0 atom stereocenters. The van der Waals surface area contributed by atoms with Crippen LogP contribution >= 0.6 is 0 Å². The summed E-state index contributed by atoms with van der Waals surface area (Å²) < 4.78 is 43.5. The van der Waals surface area contributed by atoms with Gasteiger partial charge in [0.2, 0.25) is 0 Å². The number of hydrogen-bond donors (Lipinski definition) is 1. The Hall–Kier alpha value is -2.99. The molecular weight excluding hydrogens is 730 g/mol. The quantitative estimate of drug-likeness (QED) is 0.0291. The number of nitro benzene ring substituents is 2. The number of anilines is 1. The second-order valence-electron chi connectivity index (χ2n) is 13.3. The van der Waals surface area contributed by atoms with Crippen molar-refractivity contribution < 1.29 is 52.5 Å². The summed E-state index contributed by atoms with van der Waals surface area (Å²) in [5, 5.41) is 24.8. The molecule has 0 fully saturated rings. The first-order valence-corrected chi connectivity index (χ1v) is 20.8. The zero-order valence-corrected chi connectivity index (χ0v) is 34.1. The van der Waals surface area contributed by atoms with Gasteiger partial charge in [0, 0.05) is 19.0 Å². The molecule has 16 heteroatoms. The zero-order chi connectivity index (χ0) is 40.6. The minimum atomic E-state index is -0.680. The molecule has 56 heavy (non-hydrogen) atoms. The molecule has 0 aliphatic rings. The first-order valence-electron chi connectivity index (χ1n) is 20.8. The van der Waals surface area contributed by atoms with Crippen LogP contribution in [0.2, 0.25) is 0 Å². The maximum Gasteiger partial charge on any atom is 0.305 e. The van der Waals surface area contributed by atoms with E-state index < -0.39 is 9.85 Å². The van der Waals surface area contributed by atoms with Crippen LogP contribution in [0.3, 0.4) is 0 Å². The van der Waals surface area contributed by atoms with Gasteiger partial charge >= 0.3 is 5.97 Å². The summed E-state index contributed by atoms with van der Waals surface area (Å²) in [7, 11) is 0. The second-order valence-corrected chi connectivity index (χ2v) is 13.3. The van der Waals surface area contributed by atoms with Gasteiger partial charge in [0.05, 0.1) is 108 Å². The molecule has 0 saturated carbocycles. The number of rotatable bonds is 43. The lowest BCUT2D eigenvalue weighted by Gasteiger charge is -2.09. The molecule has 0 spiro atoms. The Bertz CT molecular complexity index is 1100. The maximum absolute atomic E-state index is 11.9. The number of nitro groups is 2. The van der Waals surface area contributed by atoms with Crippen molar-refractivity contribution in [3.05, 3.63) is 38.4 Å². The lowest BCUT2D eigenvalue weighted by Crippen LogP contribution is -2.16. The van der Waals surface area contributed by atoms with Crippen LogP contribution in [0.5, 0.6) is 0 Å². The average Bonchev–Trinajstić information content (AvgIpc) is 3.19. The third-order valence-electron chi connectivity index (χ3n) is 8.66. The summed E-state index contributed by atoms with van der Waals surface area (Å²) in [5.41, 5.74) is -0.525. The van der Waals surface area contributed by atoms with E-state index in [-0.39, 0.29) is 42.8 Å². The first kappa shape index (κ1) is 51.0. The van der Waals surface area contributed by atoms with Crippen LogP contribution in [0.15, 0.2) is 18.2 Å². The van der Waals surface area contributed by atoms with Gasteiger partial charge in [-0.05, 0) is 12.5 Å². The summed E-state index contributed by atoms with van der Waals surface area (Å²) in [6, 6.07) is 3.43. The van der Waals surface area contributed by atoms with Crippen molar-refractivity contribution >= 4 is 23.0 Å². The highest BCUT2D eigenvalue weighted by Gasteiger charge is 2.19. The Morgan fingerprint density at radius 2 is 0.893 bits per heavy atom. The molecule has 0 amide bonds. The van der Waals surface area contributed by atoms with Crippen molar-refractivity contribution in [3.8, 4) is 0 Å². The van der Waals surface area contributed by atoms with Crippen molar-refractivity contribution in [2.75, 3.05) is 111 Å². The number of hydrogen-bond acceptors (Lipinski definition) is 14. The number of esters is 1. The predicted octanol–water partition coefficient (Wildman–Crippen LogP) is 7.84. The van der Waals surface area contributed by atoms with Crippen LogP contribution in [-0.2, 0) is 42.7 Å². The standard InChI is InChI=1S/C40H71N3O13/c1-2-3-4-5-6-7-8-9-10-11-12-13-14-15-16-17-40(44)56-35-34-55-33-32-54-31-30-53-29-28-52-27-26-51-25-24-50-23-22-49-21-20-41-38-19-18-37(42(45)46)36-39(38)43(47)48/h18-19,36,41H,2-17,20-35H2,1H3. The average molecular weight is 802 g/mol. The Morgan fingerprint density at radius 3 is 1.29 bits per heavy atom. The third kappa shape index (κ3) is 32.1. The largest absolute Gasteiger partial charge is 0.463 e. The molecule has 0 unspecified atom stereocenters. The molecule has 0 heterocycles. The fourth-order valence-electron chi connectivity index (χ4n) is 5.54. The number of nitrogens with zero attached hydrogens (tertiary/aromatic N) is 2. The number of non-ortho nitro benzene ring substituents is 1. The SMILES string of the molecule is CCCCCCCCCCCCCCCCCC(=O)OCCOCCOCCOCCOCCOCCOCCOCCNc1ccc([N+](=O)[O-])cc1[N+](=O)[O-]. The van der Waals surface area contributed by atoms with Crippen LogP contribution in [0.4, 0.5) is 17.1 Å². The molecule has 0 bridgehead atoms. The summed E-state index contributed by atoms with van der Waals surface area (Å²) in [4.78, 5) is 32.5. The molecule has 1 N–H and O–H groups in total. The Kier molecular flexibility index (Phi) is 35.4. The molecule has 0 aliphatic carbocycles. The highest BCUT2D eigenvalue weighted by molar-refractivity contribution is 5.69. The van der Waals surface area contributed by atoms with E-state index in [1.54, 1.807) is 0 Å². The molecule has 0 radical (unpaired) electrons.